The molecule has 19 heavy (non-hydrogen) atoms. The molecule has 1 aromatic heterocycles. The van der Waals surface area contributed by atoms with Gasteiger partial charge >= 0.3 is 5.97 Å². The molecule has 0 spiro atoms. The van der Waals surface area contributed by atoms with Crippen LogP contribution in [0.5, 0.6) is 0 Å². The lowest BCUT2D eigenvalue weighted by Crippen LogP contribution is -2.43. The fraction of sp³-hybridized carbons (Fsp3) is 0.692. The predicted octanol–water partition coefficient (Wildman–Crippen LogP) is 0.678. The van der Waals surface area contributed by atoms with E-state index in [1.807, 2.05) is 0 Å². The molecule has 0 radical (unpaired) electrons. The largest absolute Gasteiger partial charge is 0.478 e. The summed E-state index contributed by atoms with van der Waals surface area (Å²) in [6, 6.07) is 0.458. The SMILES string of the molecule is CC1CCC(CN)CN1Cc1c(C(=O)O)cnn1C. The Morgan fingerprint density at radius 1 is 1.58 bits per heavy atom. The van der Waals surface area contributed by atoms with Crippen molar-refractivity contribution in [3.63, 3.8) is 0 Å². The maximum Gasteiger partial charge on any atom is 0.339 e. The first-order valence-corrected chi connectivity index (χ1v) is 6.71. The van der Waals surface area contributed by atoms with Gasteiger partial charge in [-0.2, -0.15) is 5.10 Å². The average Bonchev–Trinajstić information content (AvgIpc) is 2.74. The van der Waals surface area contributed by atoms with E-state index in [9.17, 15) is 9.90 Å². The number of carbonyl (C=O) groups is 1. The van der Waals surface area contributed by atoms with Crippen molar-refractivity contribution in [2.24, 2.45) is 18.7 Å². The molecule has 0 bridgehead atoms. The highest BCUT2D eigenvalue weighted by Gasteiger charge is 2.27. The zero-order chi connectivity index (χ0) is 14.0. The first kappa shape index (κ1) is 14.0. The number of aromatic nitrogens is 2. The fourth-order valence-corrected chi connectivity index (χ4v) is 2.70. The third kappa shape index (κ3) is 2.96. The van der Waals surface area contributed by atoms with Crippen LogP contribution in [0, 0.1) is 5.92 Å². The number of hydrogen-bond acceptors (Lipinski definition) is 4. The Hall–Kier alpha value is -1.40. The first-order chi connectivity index (χ1) is 9.02. The number of aromatic carboxylic acids is 1. The second-order valence-electron chi connectivity index (χ2n) is 5.39. The van der Waals surface area contributed by atoms with Gasteiger partial charge in [-0.25, -0.2) is 4.79 Å². The quantitative estimate of drug-likeness (QED) is 0.837. The second kappa shape index (κ2) is 5.71. The van der Waals surface area contributed by atoms with E-state index in [1.165, 1.54) is 6.20 Å². The maximum atomic E-state index is 11.2. The van der Waals surface area contributed by atoms with Gasteiger partial charge in [0, 0.05) is 26.2 Å². The van der Waals surface area contributed by atoms with Gasteiger partial charge in [-0.15, -0.1) is 0 Å². The number of nitrogens with zero attached hydrogens (tertiary/aromatic N) is 3. The van der Waals surface area contributed by atoms with Crippen molar-refractivity contribution in [3.05, 3.63) is 17.5 Å². The van der Waals surface area contributed by atoms with Crippen LogP contribution in [0.15, 0.2) is 6.20 Å². The second-order valence-corrected chi connectivity index (χ2v) is 5.39. The van der Waals surface area contributed by atoms with E-state index in [1.54, 1.807) is 11.7 Å². The molecule has 1 aliphatic heterocycles. The maximum absolute atomic E-state index is 11.2. The highest BCUT2D eigenvalue weighted by atomic mass is 16.4. The van der Waals surface area contributed by atoms with Gasteiger partial charge in [-0.05, 0) is 32.2 Å². The average molecular weight is 266 g/mol. The lowest BCUT2D eigenvalue weighted by molar-refractivity contribution is 0.0689. The van der Waals surface area contributed by atoms with Crippen LogP contribution in [-0.4, -0.2) is 44.9 Å². The molecule has 0 amide bonds. The molecule has 3 N–H and O–H groups in total. The molecule has 2 heterocycles. The molecule has 0 aromatic carbocycles. The zero-order valence-corrected chi connectivity index (χ0v) is 11.5. The van der Waals surface area contributed by atoms with E-state index in [4.69, 9.17) is 5.73 Å². The summed E-state index contributed by atoms with van der Waals surface area (Å²) in [6.45, 7) is 4.43. The van der Waals surface area contributed by atoms with Gasteiger partial charge in [-0.1, -0.05) is 0 Å². The van der Waals surface area contributed by atoms with Gasteiger partial charge in [0.2, 0.25) is 0 Å². The van der Waals surface area contributed by atoms with Crippen LogP contribution in [0.2, 0.25) is 0 Å². The van der Waals surface area contributed by atoms with E-state index in [0.29, 0.717) is 30.6 Å². The molecule has 2 unspecified atom stereocenters. The molecule has 1 fully saturated rings. The standard InChI is InChI=1S/C13H22N4O2/c1-9-3-4-10(5-14)7-17(9)8-12-11(13(18)19)6-15-16(12)2/h6,9-10H,3-5,7-8,14H2,1-2H3,(H,18,19). The van der Waals surface area contributed by atoms with Gasteiger partial charge in [-0.3, -0.25) is 9.58 Å². The van der Waals surface area contributed by atoms with Gasteiger partial charge in [0.05, 0.1) is 11.9 Å². The normalized spacial score (nSPS) is 24.6. The van der Waals surface area contributed by atoms with Crippen LogP contribution in [0.1, 0.15) is 35.8 Å². The number of aryl methyl sites for hydroxylation is 1. The molecule has 0 saturated carbocycles. The summed E-state index contributed by atoms with van der Waals surface area (Å²) in [5.41, 5.74) is 6.81. The number of carboxylic acids is 1. The fourth-order valence-electron chi connectivity index (χ4n) is 2.70. The Morgan fingerprint density at radius 2 is 2.32 bits per heavy atom. The summed E-state index contributed by atoms with van der Waals surface area (Å²) in [4.78, 5) is 13.5. The Bertz CT molecular complexity index is 457. The summed E-state index contributed by atoms with van der Waals surface area (Å²) < 4.78 is 1.65. The zero-order valence-electron chi connectivity index (χ0n) is 11.5. The molecule has 1 saturated heterocycles. The molecule has 2 atom stereocenters. The predicted molar refractivity (Wildman–Crippen MR) is 71.8 cm³/mol. The van der Waals surface area contributed by atoms with Crippen molar-refractivity contribution in [1.82, 2.24) is 14.7 Å². The Morgan fingerprint density at radius 3 is 2.95 bits per heavy atom. The summed E-state index contributed by atoms with van der Waals surface area (Å²) in [7, 11) is 1.79. The van der Waals surface area contributed by atoms with Gasteiger partial charge < -0.3 is 10.8 Å². The van der Waals surface area contributed by atoms with Crippen molar-refractivity contribution in [2.75, 3.05) is 13.1 Å². The van der Waals surface area contributed by atoms with Crippen LogP contribution in [0.4, 0.5) is 0 Å². The molecular formula is C13H22N4O2. The van der Waals surface area contributed by atoms with E-state index in [2.05, 4.69) is 16.9 Å². The minimum absolute atomic E-state index is 0.296. The molecule has 6 heteroatoms. The highest BCUT2D eigenvalue weighted by Crippen LogP contribution is 2.23. The van der Waals surface area contributed by atoms with Crippen molar-refractivity contribution in [3.8, 4) is 0 Å². The minimum Gasteiger partial charge on any atom is -0.478 e. The first-order valence-electron chi connectivity index (χ1n) is 6.71. The third-order valence-corrected chi connectivity index (χ3v) is 4.09. The number of rotatable bonds is 4. The molecule has 6 nitrogen and oxygen atoms in total. The summed E-state index contributed by atoms with van der Waals surface area (Å²) in [6.07, 6.45) is 3.69. The lowest BCUT2D eigenvalue weighted by Gasteiger charge is -2.37. The van der Waals surface area contributed by atoms with E-state index >= 15 is 0 Å². The van der Waals surface area contributed by atoms with Crippen molar-refractivity contribution < 1.29 is 9.90 Å². The summed E-state index contributed by atoms with van der Waals surface area (Å²) in [5.74, 6) is -0.402. The minimum atomic E-state index is -0.914. The molecule has 0 aliphatic carbocycles. The van der Waals surface area contributed by atoms with Crippen LogP contribution in [-0.2, 0) is 13.6 Å². The number of hydrogen-bond donors (Lipinski definition) is 2. The van der Waals surface area contributed by atoms with Crippen LogP contribution in [0.3, 0.4) is 0 Å². The Labute approximate surface area is 113 Å². The Balaban J connectivity index is 2.15. The molecule has 2 rings (SSSR count). The summed E-state index contributed by atoms with van der Waals surface area (Å²) >= 11 is 0. The molecule has 1 aliphatic rings. The van der Waals surface area contributed by atoms with Gasteiger partial charge in [0.25, 0.3) is 0 Å². The van der Waals surface area contributed by atoms with E-state index in [-0.39, 0.29) is 0 Å². The highest BCUT2D eigenvalue weighted by molar-refractivity contribution is 5.88. The van der Waals surface area contributed by atoms with Gasteiger partial charge in [0.15, 0.2) is 0 Å². The number of likely N-dealkylation sites (tertiary alicyclic amines) is 1. The van der Waals surface area contributed by atoms with Crippen molar-refractivity contribution in [1.29, 1.82) is 0 Å². The van der Waals surface area contributed by atoms with E-state index < -0.39 is 5.97 Å². The van der Waals surface area contributed by atoms with Crippen molar-refractivity contribution >= 4 is 5.97 Å². The Kier molecular flexibility index (Phi) is 4.21. The monoisotopic (exact) mass is 266 g/mol. The molecular weight excluding hydrogens is 244 g/mol. The number of carboxylic acid groups (broad SMARTS) is 1. The lowest BCUT2D eigenvalue weighted by atomic mass is 9.93. The van der Waals surface area contributed by atoms with Crippen LogP contribution >= 0.6 is 0 Å². The topological polar surface area (TPSA) is 84.4 Å². The third-order valence-electron chi connectivity index (χ3n) is 4.09. The molecule has 106 valence electrons. The molecule has 1 aromatic rings. The smallest absolute Gasteiger partial charge is 0.339 e. The van der Waals surface area contributed by atoms with E-state index in [0.717, 1.165) is 25.1 Å². The number of piperidine rings is 1. The number of nitrogens with two attached hydrogens (primary N) is 1. The van der Waals surface area contributed by atoms with Crippen molar-refractivity contribution in [2.45, 2.75) is 32.4 Å². The van der Waals surface area contributed by atoms with Crippen LogP contribution in [0.25, 0.3) is 0 Å². The van der Waals surface area contributed by atoms with Gasteiger partial charge in [0.1, 0.15) is 5.56 Å². The van der Waals surface area contributed by atoms with Crippen LogP contribution < -0.4 is 5.73 Å². The summed E-state index contributed by atoms with van der Waals surface area (Å²) in [5, 5.41) is 13.2.